The third-order valence-corrected chi connectivity index (χ3v) is 4.80. The van der Waals surface area contributed by atoms with E-state index in [1.54, 1.807) is 24.3 Å². The van der Waals surface area contributed by atoms with E-state index in [0.29, 0.717) is 18.0 Å². The average molecular weight is 335 g/mol. The Balaban J connectivity index is 2.33. The minimum absolute atomic E-state index is 0.367. The maximum absolute atomic E-state index is 12.0. The van der Waals surface area contributed by atoms with Gasteiger partial charge in [0.05, 0.1) is 4.90 Å². The zero-order valence-corrected chi connectivity index (χ0v) is 10.9. The van der Waals surface area contributed by atoms with E-state index in [1.165, 1.54) is 4.31 Å². The predicted molar refractivity (Wildman–Crippen MR) is 67.1 cm³/mol. The molecule has 0 saturated heterocycles. The summed E-state index contributed by atoms with van der Waals surface area (Å²) in [6.07, 6.45) is 3.73. The Morgan fingerprint density at radius 1 is 1.07 bits per heavy atom. The van der Waals surface area contributed by atoms with Gasteiger partial charge in [0.25, 0.3) is 0 Å². The highest BCUT2D eigenvalue weighted by Crippen LogP contribution is 2.18. The number of hydrogen-bond acceptors (Lipinski definition) is 2. The lowest BCUT2D eigenvalue weighted by atomic mass is 10.4. The molecule has 0 spiro atoms. The number of rotatable bonds is 2. The molecule has 0 fully saturated rings. The van der Waals surface area contributed by atoms with Gasteiger partial charge >= 0.3 is 0 Å². The standard InChI is InChI=1S/C10H10INO2S/c11-9-3-5-10(6-4-9)15(13,14)12-7-1-2-8-12/h1-6H,7-8H2. The Hall–Kier alpha value is -0.400. The summed E-state index contributed by atoms with van der Waals surface area (Å²) in [5.41, 5.74) is 0. The summed E-state index contributed by atoms with van der Waals surface area (Å²) < 4.78 is 26.5. The minimum atomic E-state index is -3.29. The van der Waals surface area contributed by atoms with Crippen molar-refractivity contribution in [1.82, 2.24) is 4.31 Å². The molecule has 3 nitrogen and oxygen atoms in total. The first-order chi connectivity index (χ1) is 7.10. The van der Waals surface area contributed by atoms with Gasteiger partial charge in [0.15, 0.2) is 0 Å². The highest BCUT2D eigenvalue weighted by Gasteiger charge is 2.24. The summed E-state index contributed by atoms with van der Waals surface area (Å²) in [6, 6.07) is 6.90. The van der Waals surface area contributed by atoms with E-state index in [1.807, 2.05) is 12.2 Å². The first-order valence-electron chi connectivity index (χ1n) is 4.51. The molecule has 1 aliphatic rings. The maximum Gasteiger partial charge on any atom is 0.243 e. The second-order valence-electron chi connectivity index (χ2n) is 3.25. The Kier molecular flexibility index (Phi) is 3.13. The second kappa shape index (κ2) is 4.23. The van der Waals surface area contributed by atoms with E-state index in [2.05, 4.69) is 22.6 Å². The molecule has 0 atom stereocenters. The van der Waals surface area contributed by atoms with Gasteiger partial charge in [-0.2, -0.15) is 4.31 Å². The molecule has 1 heterocycles. The fourth-order valence-corrected chi connectivity index (χ4v) is 3.11. The molecule has 5 heteroatoms. The highest BCUT2D eigenvalue weighted by molar-refractivity contribution is 14.1. The van der Waals surface area contributed by atoms with Crippen molar-refractivity contribution in [3.63, 3.8) is 0 Å². The van der Waals surface area contributed by atoms with Crippen LogP contribution >= 0.6 is 22.6 Å². The Labute approximate surface area is 103 Å². The first kappa shape index (κ1) is 11.1. The summed E-state index contributed by atoms with van der Waals surface area (Å²) in [4.78, 5) is 0.367. The molecule has 1 aromatic carbocycles. The van der Waals surface area contributed by atoms with E-state index in [4.69, 9.17) is 0 Å². The molecule has 1 aliphatic heterocycles. The van der Waals surface area contributed by atoms with Crippen LogP contribution in [0.5, 0.6) is 0 Å². The van der Waals surface area contributed by atoms with Gasteiger partial charge in [0.2, 0.25) is 10.0 Å². The van der Waals surface area contributed by atoms with Crippen LogP contribution in [0.25, 0.3) is 0 Å². The molecule has 0 aliphatic carbocycles. The zero-order valence-electron chi connectivity index (χ0n) is 7.93. The molecule has 0 amide bonds. The quantitative estimate of drug-likeness (QED) is 0.611. The molecular formula is C10H10INO2S. The molecule has 0 N–H and O–H groups in total. The molecule has 0 aromatic heterocycles. The lowest BCUT2D eigenvalue weighted by Crippen LogP contribution is -2.28. The third-order valence-electron chi connectivity index (χ3n) is 2.24. The fourth-order valence-electron chi connectivity index (χ4n) is 1.41. The molecule has 80 valence electrons. The van der Waals surface area contributed by atoms with Crippen molar-refractivity contribution in [3.05, 3.63) is 40.0 Å². The molecule has 0 unspecified atom stereocenters. The summed E-state index contributed by atoms with van der Waals surface area (Å²) in [5.74, 6) is 0. The summed E-state index contributed by atoms with van der Waals surface area (Å²) in [5, 5.41) is 0. The van der Waals surface area contributed by atoms with Crippen LogP contribution in [-0.4, -0.2) is 25.8 Å². The van der Waals surface area contributed by atoms with Gasteiger partial charge in [0, 0.05) is 16.7 Å². The fraction of sp³-hybridized carbons (Fsp3) is 0.200. The van der Waals surface area contributed by atoms with Crippen LogP contribution in [0.1, 0.15) is 0 Å². The van der Waals surface area contributed by atoms with E-state index in [-0.39, 0.29) is 0 Å². The van der Waals surface area contributed by atoms with Gasteiger partial charge in [-0.05, 0) is 46.9 Å². The number of halogens is 1. The van der Waals surface area contributed by atoms with E-state index < -0.39 is 10.0 Å². The smallest absolute Gasteiger partial charge is 0.207 e. The highest BCUT2D eigenvalue weighted by atomic mass is 127. The van der Waals surface area contributed by atoms with Gasteiger partial charge in [-0.3, -0.25) is 0 Å². The number of benzene rings is 1. The molecule has 0 bridgehead atoms. The van der Waals surface area contributed by atoms with Crippen LogP contribution in [0.3, 0.4) is 0 Å². The Bertz CT molecular complexity index is 471. The maximum atomic E-state index is 12.0. The monoisotopic (exact) mass is 335 g/mol. The number of sulfonamides is 1. The van der Waals surface area contributed by atoms with Crippen molar-refractivity contribution in [1.29, 1.82) is 0 Å². The lowest BCUT2D eigenvalue weighted by Gasteiger charge is -2.15. The average Bonchev–Trinajstić information content (AvgIpc) is 2.71. The third kappa shape index (κ3) is 2.24. The largest absolute Gasteiger partial charge is 0.243 e. The van der Waals surface area contributed by atoms with Crippen molar-refractivity contribution < 1.29 is 8.42 Å². The molecular weight excluding hydrogens is 325 g/mol. The van der Waals surface area contributed by atoms with Crippen LogP contribution < -0.4 is 0 Å². The van der Waals surface area contributed by atoms with Crippen LogP contribution in [0.15, 0.2) is 41.3 Å². The summed E-state index contributed by atoms with van der Waals surface area (Å²) >= 11 is 2.15. The number of hydrogen-bond donors (Lipinski definition) is 0. The van der Waals surface area contributed by atoms with Crippen LogP contribution in [0.4, 0.5) is 0 Å². The van der Waals surface area contributed by atoms with Gasteiger partial charge in [0.1, 0.15) is 0 Å². The number of nitrogens with zero attached hydrogens (tertiary/aromatic N) is 1. The second-order valence-corrected chi connectivity index (χ2v) is 6.43. The van der Waals surface area contributed by atoms with Gasteiger partial charge in [-0.25, -0.2) is 8.42 Å². The Morgan fingerprint density at radius 2 is 1.60 bits per heavy atom. The van der Waals surface area contributed by atoms with E-state index in [9.17, 15) is 8.42 Å². The van der Waals surface area contributed by atoms with Crippen LogP contribution in [0.2, 0.25) is 0 Å². The van der Waals surface area contributed by atoms with Gasteiger partial charge in [-0.1, -0.05) is 12.2 Å². The predicted octanol–water partition coefficient (Wildman–Crippen LogP) is 1.85. The van der Waals surface area contributed by atoms with Crippen molar-refractivity contribution in [2.75, 3.05) is 13.1 Å². The molecule has 15 heavy (non-hydrogen) atoms. The molecule has 0 saturated carbocycles. The first-order valence-corrected chi connectivity index (χ1v) is 7.03. The Morgan fingerprint density at radius 3 is 2.13 bits per heavy atom. The zero-order chi connectivity index (χ0) is 10.9. The van der Waals surface area contributed by atoms with Crippen molar-refractivity contribution in [2.24, 2.45) is 0 Å². The van der Waals surface area contributed by atoms with Crippen LogP contribution in [0, 0.1) is 3.57 Å². The van der Waals surface area contributed by atoms with Gasteiger partial charge < -0.3 is 0 Å². The summed E-state index contributed by atoms with van der Waals surface area (Å²) in [6.45, 7) is 0.961. The lowest BCUT2D eigenvalue weighted by molar-refractivity contribution is 0.488. The molecule has 0 radical (unpaired) electrons. The van der Waals surface area contributed by atoms with Gasteiger partial charge in [-0.15, -0.1) is 0 Å². The normalized spacial score (nSPS) is 17.1. The van der Waals surface area contributed by atoms with Crippen molar-refractivity contribution >= 4 is 32.6 Å². The SMILES string of the molecule is O=S(=O)(c1ccc(I)cc1)N1CC=CC1. The van der Waals surface area contributed by atoms with E-state index in [0.717, 1.165) is 3.57 Å². The molecule has 1 aromatic rings. The van der Waals surface area contributed by atoms with Crippen molar-refractivity contribution in [2.45, 2.75) is 4.90 Å². The minimum Gasteiger partial charge on any atom is -0.207 e. The van der Waals surface area contributed by atoms with Crippen LogP contribution in [-0.2, 0) is 10.0 Å². The summed E-state index contributed by atoms with van der Waals surface area (Å²) in [7, 11) is -3.29. The van der Waals surface area contributed by atoms with Crippen molar-refractivity contribution in [3.8, 4) is 0 Å². The molecule has 2 rings (SSSR count). The topological polar surface area (TPSA) is 37.4 Å². The van der Waals surface area contributed by atoms with E-state index >= 15 is 0 Å².